The number of nitrogens with one attached hydrogen (secondary N) is 2. The van der Waals surface area contributed by atoms with Crippen LogP contribution in [0.5, 0.6) is 0 Å². The fraction of sp³-hybridized carbons (Fsp3) is 0.0476. The summed E-state index contributed by atoms with van der Waals surface area (Å²) >= 11 is 11.8. The Morgan fingerprint density at radius 3 is 2.55 bits per heavy atom. The third kappa shape index (κ3) is 4.23. The Kier molecular flexibility index (Phi) is 5.62. The highest BCUT2D eigenvalue weighted by atomic mass is 35.5. The number of amides is 1. The number of aromatic nitrogens is 2. The smallest absolute Gasteiger partial charge is 0.269 e. The van der Waals surface area contributed by atoms with Crippen molar-refractivity contribution in [1.82, 2.24) is 14.9 Å². The molecule has 0 fully saturated rings. The van der Waals surface area contributed by atoms with Crippen LogP contribution in [0.3, 0.4) is 0 Å². The van der Waals surface area contributed by atoms with Gasteiger partial charge in [-0.05, 0) is 54.6 Å². The monoisotopic (exact) mass is 474 g/mol. The molecule has 2 aromatic heterocycles. The van der Waals surface area contributed by atoms with Gasteiger partial charge in [0.25, 0.3) is 15.9 Å². The molecule has 0 saturated heterocycles. The first kappa shape index (κ1) is 21.2. The van der Waals surface area contributed by atoms with E-state index < -0.39 is 10.0 Å². The quantitative estimate of drug-likeness (QED) is 0.445. The Labute approximate surface area is 188 Å². The van der Waals surface area contributed by atoms with Crippen LogP contribution in [0.4, 0.5) is 5.69 Å². The third-order valence-electron chi connectivity index (χ3n) is 4.63. The van der Waals surface area contributed by atoms with Crippen LogP contribution in [0.15, 0.2) is 71.9 Å². The van der Waals surface area contributed by atoms with Gasteiger partial charge < -0.3 is 9.88 Å². The molecule has 4 rings (SSSR count). The first-order chi connectivity index (χ1) is 14.8. The van der Waals surface area contributed by atoms with E-state index in [-0.39, 0.29) is 20.8 Å². The van der Waals surface area contributed by atoms with E-state index >= 15 is 0 Å². The summed E-state index contributed by atoms with van der Waals surface area (Å²) in [4.78, 5) is 16.0. The maximum atomic E-state index is 12.7. The maximum absolute atomic E-state index is 12.7. The molecule has 0 saturated carbocycles. The summed E-state index contributed by atoms with van der Waals surface area (Å²) in [5, 5.41) is 3.80. The predicted molar refractivity (Wildman–Crippen MR) is 122 cm³/mol. The van der Waals surface area contributed by atoms with Crippen LogP contribution >= 0.6 is 23.2 Å². The van der Waals surface area contributed by atoms with Crippen LogP contribution < -0.4 is 10.0 Å². The highest BCUT2D eigenvalue weighted by Gasteiger charge is 2.16. The van der Waals surface area contributed by atoms with E-state index in [1.54, 1.807) is 43.6 Å². The predicted octanol–water partition coefficient (Wildman–Crippen LogP) is 4.49. The second kappa shape index (κ2) is 8.22. The Morgan fingerprint density at radius 2 is 1.81 bits per heavy atom. The normalized spacial score (nSPS) is 11.5. The van der Waals surface area contributed by atoms with Gasteiger partial charge in [0.15, 0.2) is 0 Å². The lowest BCUT2D eigenvalue weighted by Crippen LogP contribution is -2.19. The number of carbonyl (C=O) groups is 1. The van der Waals surface area contributed by atoms with Crippen molar-refractivity contribution in [2.45, 2.75) is 4.90 Å². The summed E-state index contributed by atoms with van der Waals surface area (Å²) in [5.41, 5.74) is 2.30. The number of pyridine rings is 1. The van der Waals surface area contributed by atoms with Crippen molar-refractivity contribution in [3.63, 3.8) is 0 Å². The van der Waals surface area contributed by atoms with E-state index in [1.165, 1.54) is 18.2 Å². The van der Waals surface area contributed by atoms with Gasteiger partial charge in [0, 0.05) is 36.2 Å². The van der Waals surface area contributed by atoms with Gasteiger partial charge in [-0.15, -0.1) is 0 Å². The topological polar surface area (TPSA) is 93.1 Å². The van der Waals surface area contributed by atoms with E-state index in [0.29, 0.717) is 11.4 Å². The number of halogens is 2. The molecule has 4 aromatic rings. The van der Waals surface area contributed by atoms with Crippen molar-refractivity contribution in [3.8, 4) is 5.69 Å². The Morgan fingerprint density at radius 1 is 1.00 bits per heavy atom. The second-order valence-electron chi connectivity index (χ2n) is 6.62. The lowest BCUT2D eigenvalue weighted by atomic mass is 10.2. The standard InChI is InChI=1S/C21H16Cl2N4O3S/c1-24-21(28)19-11-15(6-8-25-19)27-9-7-13-10-14(2-5-20(13)27)26-31(29,30)16-3-4-17(22)18(23)12-16/h2-12,26H,1H3,(H,24,28). The molecular formula is C21H16Cl2N4O3S. The number of carbonyl (C=O) groups excluding carboxylic acids is 1. The summed E-state index contributed by atoms with van der Waals surface area (Å²) in [5.74, 6) is -0.280. The molecular weight excluding hydrogens is 459 g/mol. The molecule has 0 spiro atoms. The molecule has 0 radical (unpaired) electrons. The number of sulfonamides is 1. The molecule has 7 nitrogen and oxygen atoms in total. The highest BCUT2D eigenvalue weighted by molar-refractivity contribution is 7.92. The summed E-state index contributed by atoms with van der Waals surface area (Å²) in [6.07, 6.45) is 3.40. The lowest BCUT2D eigenvalue weighted by Gasteiger charge is -2.10. The Hall–Kier alpha value is -3.07. The summed E-state index contributed by atoms with van der Waals surface area (Å²) in [7, 11) is -2.29. The second-order valence-corrected chi connectivity index (χ2v) is 9.12. The van der Waals surface area contributed by atoms with Gasteiger partial charge in [0.05, 0.1) is 20.5 Å². The maximum Gasteiger partial charge on any atom is 0.269 e. The van der Waals surface area contributed by atoms with Crippen LogP contribution in [0.25, 0.3) is 16.6 Å². The van der Waals surface area contributed by atoms with Gasteiger partial charge in [-0.1, -0.05) is 23.2 Å². The minimum absolute atomic E-state index is 0.0121. The number of hydrogen-bond acceptors (Lipinski definition) is 4. The molecule has 0 bridgehead atoms. The van der Waals surface area contributed by atoms with Gasteiger partial charge in [0.1, 0.15) is 5.69 Å². The van der Waals surface area contributed by atoms with Crippen molar-refractivity contribution < 1.29 is 13.2 Å². The van der Waals surface area contributed by atoms with Crippen LogP contribution in [0, 0.1) is 0 Å². The average molecular weight is 475 g/mol. The van der Waals surface area contributed by atoms with Crippen molar-refractivity contribution in [2.75, 3.05) is 11.8 Å². The van der Waals surface area contributed by atoms with Gasteiger partial charge in [0.2, 0.25) is 0 Å². The first-order valence-electron chi connectivity index (χ1n) is 9.06. The van der Waals surface area contributed by atoms with Crippen LogP contribution in [-0.4, -0.2) is 30.9 Å². The van der Waals surface area contributed by atoms with Crippen LogP contribution in [0.2, 0.25) is 10.0 Å². The highest BCUT2D eigenvalue weighted by Crippen LogP contribution is 2.28. The fourth-order valence-electron chi connectivity index (χ4n) is 3.11. The Bertz CT molecular complexity index is 1420. The summed E-state index contributed by atoms with van der Waals surface area (Å²) < 4.78 is 29.8. The Balaban J connectivity index is 1.66. The van der Waals surface area contributed by atoms with Gasteiger partial charge in [-0.3, -0.25) is 14.5 Å². The molecule has 1 amide bonds. The molecule has 2 N–H and O–H groups in total. The SMILES string of the molecule is CNC(=O)c1cc(-n2ccc3cc(NS(=O)(=O)c4ccc(Cl)c(Cl)c4)ccc32)ccn1. The minimum atomic E-state index is -3.84. The largest absolute Gasteiger partial charge is 0.354 e. The molecule has 0 atom stereocenters. The number of rotatable bonds is 5. The third-order valence-corrected chi connectivity index (χ3v) is 6.74. The number of benzene rings is 2. The lowest BCUT2D eigenvalue weighted by molar-refractivity contribution is 0.0958. The molecule has 0 aliphatic heterocycles. The van der Waals surface area contributed by atoms with E-state index in [2.05, 4.69) is 15.0 Å². The number of anilines is 1. The van der Waals surface area contributed by atoms with E-state index in [0.717, 1.165) is 16.6 Å². The van der Waals surface area contributed by atoms with E-state index in [4.69, 9.17) is 23.2 Å². The van der Waals surface area contributed by atoms with Gasteiger partial charge in [-0.2, -0.15) is 0 Å². The molecule has 158 valence electrons. The van der Waals surface area contributed by atoms with Gasteiger partial charge in [-0.25, -0.2) is 8.42 Å². The van der Waals surface area contributed by atoms with E-state index in [1.807, 2.05) is 16.8 Å². The fourth-order valence-corrected chi connectivity index (χ4v) is 4.55. The molecule has 0 aliphatic rings. The van der Waals surface area contributed by atoms with Crippen molar-refractivity contribution in [1.29, 1.82) is 0 Å². The van der Waals surface area contributed by atoms with Crippen molar-refractivity contribution in [3.05, 3.63) is 82.7 Å². The zero-order valence-electron chi connectivity index (χ0n) is 16.1. The molecule has 0 unspecified atom stereocenters. The zero-order valence-corrected chi connectivity index (χ0v) is 18.5. The van der Waals surface area contributed by atoms with Crippen molar-refractivity contribution in [2.24, 2.45) is 0 Å². The summed E-state index contributed by atoms with van der Waals surface area (Å²) in [6.45, 7) is 0. The van der Waals surface area contributed by atoms with Gasteiger partial charge >= 0.3 is 0 Å². The number of nitrogens with zero attached hydrogens (tertiary/aromatic N) is 2. The zero-order chi connectivity index (χ0) is 22.2. The van der Waals surface area contributed by atoms with Crippen LogP contribution in [-0.2, 0) is 10.0 Å². The van der Waals surface area contributed by atoms with E-state index in [9.17, 15) is 13.2 Å². The van der Waals surface area contributed by atoms with Crippen LogP contribution in [0.1, 0.15) is 10.5 Å². The average Bonchev–Trinajstić information content (AvgIpc) is 3.18. The molecule has 2 heterocycles. The molecule has 10 heteroatoms. The molecule has 2 aromatic carbocycles. The number of hydrogen-bond donors (Lipinski definition) is 2. The molecule has 0 aliphatic carbocycles. The molecule has 31 heavy (non-hydrogen) atoms. The summed E-state index contributed by atoms with van der Waals surface area (Å²) in [6, 6.07) is 14.6. The van der Waals surface area contributed by atoms with Crippen molar-refractivity contribution >= 4 is 55.7 Å². The number of fused-ring (bicyclic) bond motifs is 1. The minimum Gasteiger partial charge on any atom is -0.354 e. The first-order valence-corrected chi connectivity index (χ1v) is 11.3.